The predicted octanol–water partition coefficient (Wildman–Crippen LogP) is 4.07. The van der Waals surface area contributed by atoms with E-state index in [0.29, 0.717) is 0 Å². The Morgan fingerprint density at radius 3 is 2.10 bits per heavy atom. The first-order chi connectivity index (χ1) is 9.63. The Kier molecular flexibility index (Phi) is 3.71. The molecule has 1 aromatic heterocycles. The van der Waals surface area contributed by atoms with Crippen LogP contribution in [0.15, 0.2) is 30.5 Å². The number of nitrogens with zero attached hydrogens (tertiary/aromatic N) is 1. The molecule has 2 aromatic rings. The molecule has 2 N–H and O–H groups in total. The molecular formula is C11H7F6N3O. The molecule has 0 atom stereocenters. The Balaban J connectivity index is 2.05. The lowest BCUT2D eigenvalue weighted by Gasteiger charge is -2.09. The first-order valence-corrected chi connectivity index (χ1v) is 5.38. The van der Waals surface area contributed by atoms with Crippen molar-refractivity contribution < 1.29 is 31.1 Å². The highest BCUT2D eigenvalue weighted by Gasteiger charge is 2.34. The molecule has 114 valence electrons. The highest BCUT2D eigenvalue weighted by molar-refractivity contribution is 5.56. The Labute approximate surface area is 113 Å². The number of aromatic amines is 1. The molecule has 0 aliphatic heterocycles. The molecule has 0 spiro atoms. The van der Waals surface area contributed by atoms with Crippen molar-refractivity contribution in [2.24, 2.45) is 0 Å². The molecule has 10 heteroatoms. The number of benzene rings is 1. The molecule has 1 heterocycles. The zero-order valence-corrected chi connectivity index (χ0v) is 10.0. The molecule has 21 heavy (non-hydrogen) atoms. The van der Waals surface area contributed by atoms with E-state index in [2.05, 4.69) is 15.0 Å². The number of nitrogens with one attached hydrogen (secondary N) is 2. The maximum atomic E-state index is 12.3. The van der Waals surface area contributed by atoms with Crippen molar-refractivity contribution in [3.63, 3.8) is 0 Å². The lowest BCUT2D eigenvalue weighted by Crippen LogP contribution is -2.16. The summed E-state index contributed by atoms with van der Waals surface area (Å²) >= 11 is 0. The van der Waals surface area contributed by atoms with Crippen LogP contribution < -0.4 is 10.1 Å². The second-order valence-corrected chi connectivity index (χ2v) is 3.84. The fraction of sp³-hybridized carbons (Fsp3) is 0.182. The minimum atomic E-state index is -4.81. The van der Waals surface area contributed by atoms with Gasteiger partial charge in [0.15, 0.2) is 0 Å². The van der Waals surface area contributed by atoms with E-state index in [1.54, 1.807) is 0 Å². The van der Waals surface area contributed by atoms with Crippen LogP contribution in [0.5, 0.6) is 5.75 Å². The normalized spacial score (nSPS) is 12.3. The van der Waals surface area contributed by atoms with E-state index in [9.17, 15) is 26.3 Å². The van der Waals surface area contributed by atoms with Crippen LogP contribution in [0.25, 0.3) is 0 Å². The van der Waals surface area contributed by atoms with E-state index in [0.717, 1.165) is 18.3 Å². The summed E-state index contributed by atoms with van der Waals surface area (Å²) in [5.74, 6) is -1.66. The van der Waals surface area contributed by atoms with Crippen LogP contribution in [-0.2, 0) is 6.18 Å². The lowest BCUT2D eigenvalue weighted by molar-refractivity contribution is -0.274. The monoisotopic (exact) mass is 311 g/mol. The van der Waals surface area contributed by atoms with Gasteiger partial charge in [-0.05, 0) is 24.3 Å². The van der Waals surface area contributed by atoms with Crippen molar-refractivity contribution in [1.29, 1.82) is 0 Å². The predicted molar refractivity (Wildman–Crippen MR) is 60.0 cm³/mol. The molecule has 0 saturated heterocycles. The van der Waals surface area contributed by atoms with Crippen molar-refractivity contribution in [3.8, 4) is 5.75 Å². The van der Waals surface area contributed by atoms with Crippen LogP contribution >= 0.6 is 0 Å². The summed E-state index contributed by atoms with van der Waals surface area (Å²) in [5, 5.41) is 2.53. The molecule has 0 aliphatic rings. The molecule has 0 amide bonds. The molecular weight excluding hydrogens is 304 g/mol. The van der Waals surface area contributed by atoms with Crippen LogP contribution in [0, 0.1) is 0 Å². The highest BCUT2D eigenvalue weighted by atomic mass is 19.4. The van der Waals surface area contributed by atoms with Gasteiger partial charge in [-0.1, -0.05) is 0 Å². The fourth-order valence-electron chi connectivity index (χ4n) is 1.42. The number of anilines is 2. The van der Waals surface area contributed by atoms with Crippen LogP contribution in [0.1, 0.15) is 5.82 Å². The topological polar surface area (TPSA) is 49.9 Å². The number of imidazole rings is 1. The largest absolute Gasteiger partial charge is 0.573 e. The van der Waals surface area contributed by atoms with E-state index in [-0.39, 0.29) is 11.5 Å². The molecule has 0 unspecified atom stereocenters. The SMILES string of the molecule is FC(F)(F)Oc1ccc(Nc2cnc(C(F)(F)F)[nH]2)cc1. The quantitative estimate of drug-likeness (QED) is 0.840. The minimum Gasteiger partial charge on any atom is -0.406 e. The maximum Gasteiger partial charge on any atom is 0.573 e. The van der Waals surface area contributed by atoms with Gasteiger partial charge in [0.2, 0.25) is 5.82 Å². The number of H-pyrrole nitrogens is 1. The second-order valence-electron chi connectivity index (χ2n) is 3.84. The first kappa shape index (κ1) is 15.0. The summed E-state index contributed by atoms with van der Waals surface area (Å²) in [4.78, 5) is 5.13. The van der Waals surface area contributed by atoms with Gasteiger partial charge in [-0.2, -0.15) is 13.2 Å². The summed E-state index contributed by atoms with van der Waals surface area (Å²) < 4.78 is 76.4. The minimum absolute atomic E-state index is 0.0492. The van der Waals surface area contributed by atoms with E-state index in [1.807, 2.05) is 4.98 Å². The van der Waals surface area contributed by atoms with Crippen molar-refractivity contribution in [1.82, 2.24) is 9.97 Å². The second kappa shape index (κ2) is 5.19. The number of ether oxygens (including phenoxy) is 1. The summed E-state index contributed by atoms with van der Waals surface area (Å²) in [6.07, 6.45) is -8.49. The van der Waals surface area contributed by atoms with E-state index in [4.69, 9.17) is 0 Å². The zero-order valence-electron chi connectivity index (χ0n) is 10.0. The van der Waals surface area contributed by atoms with Crippen LogP contribution in [0.4, 0.5) is 37.8 Å². The van der Waals surface area contributed by atoms with E-state index in [1.165, 1.54) is 12.1 Å². The molecule has 4 nitrogen and oxygen atoms in total. The number of aromatic nitrogens is 2. The van der Waals surface area contributed by atoms with Gasteiger partial charge in [0.1, 0.15) is 11.6 Å². The van der Waals surface area contributed by atoms with Crippen molar-refractivity contribution in [3.05, 3.63) is 36.3 Å². The number of halogens is 6. The van der Waals surface area contributed by atoms with Gasteiger partial charge in [0.05, 0.1) is 6.20 Å². The smallest absolute Gasteiger partial charge is 0.406 e. The Bertz CT molecular complexity index is 602. The first-order valence-electron chi connectivity index (χ1n) is 5.38. The van der Waals surface area contributed by atoms with E-state index >= 15 is 0 Å². The van der Waals surface area contributed by atoms with Gasteiger partial charge >= 0.3 is 12.5 Å². The molecule has 0 bridgehead atoms. The number of rotatable bonds is 3. The van der Waals surface area contributed by atoms with Crippen LogP contribution in [0.3, 0.4) is 0 Å². The molecule has 0 saturated carbocycles. The summed E-state index contributed by atoms with van der Waals surface area (Å²) in [5.41, 5.74) is 0.266. The van der Waals surface area contributed by atoms with E-state index < -0.39 is 24.1 Å². The highest BCUT2D eigenvalue weighted by Crippen LogP contribution is 2.28. The molecule has 1 aromatic carbocycles. The van der Waals surface area contributed by atoms with Gasteiger partial charge < -0.3 is 15.0 Å². The third-order valence-corrected chi connectivity index (χ3v) is 2.21. The van der Waals surface area contributed by atoms with Crippen molar-refractivity contribution in [2.45, 2.75) is 12.5 Å². The van der Waals surface area contributed by atoms with Crippen molar-refractivity contribution in [2.75, 3.05) is 5.32 Å². The van der Waals surface area contributed by atoms with Gasteiger partial charge in [-0.25, -0.2) is 4.98 Å². The standard InChI is InChI=1S/C11H7F6N3O/c12-10(13,14)9-18-5-8(20-9)19-6-1-3-7(4-2-6)21-11(15,16)17/h1-5,19H,(H,18,20). The van der Waals surface area contributed by atoms with Gasteiger partial charge in [-0.15, -0.1) is 13.2 Å². The van der Waals surface area contributed by atoms with Crippen LogP contribution in [-0.4, -0.2) is 16.3 Å². The Hall–Kier alpha value is -2.39. The van der Waals surface area contributed by atoms with Crippen molar-refractivity contribution >= 4 is 11.5 Å². The molecule has 0 fully saturated rings. The summed E-state index contributed by atoms with van der Waals surface area (Å²) in [6, 6.07) is 4.48. The average molecular weight is 311 g/mol. The van der Waals surface area contributed by atoms with Gasteiger partial charge in [-0.3, -0.25) is 0 Å². The maximum absolute atomic E-state index is 12.3. The molecule has 2 rings (SSSR count). The number of hydrogen-bond donors (Lipinski definition) is 2. The fourth-order valence-corrected chi connectivity index (χ4v) is 1.42. The van der Waals surface area contributed by atoms with Crippen LogP contribution in [0.2, 0.25) is 0 Å². The Morgan fingerprint density at radius 1 is 1.00 bits per heavy atom. The number of hydrogen-bond acceptors (Lipinski definition) is 3. The average Bonchev–Trinajstić information content (AvgIpc) is 2.78. The third kappa shape index (κ3) is 4.29. The third-order valence-electron chi connectivity index (χ3n) is 2.21. The number of alkyl halides is 6. The summed E-state index contributed by atoms with van der Waals surface area (Å²) in [6.45, 7) is 0. The Morgan fingerprint density at radius 2 is 1.62 bits per heavy atom. The zero-order chi connectivity index (χ0) is 15.7. The molecule has 0 radical (unpaired) electrons. The lowest BCUT2D eigenvalue weighted by atomic mass is 10.3. The molecule has 0 aliphatic carbocycles. The van der Waals surface area contributed by atoms with Gasteiger partial charge in [0, 0.05) is 5.69 Å². The van der Waals surface area contributed by atoms with Gasteiger partial charge in [0.25, 0.3) is 0 Å². The summed E-state index contributed by atoms with van der Waals surface area (Å²) in [7, 11) is 0.